The molecule has 2 amide bonds. The molecule has 3 aliphatic heterocycles. The quantitative estimate of drug-likeness (QED) is 0.632. The summed E-state index contributed by atoms with van der Waals surface area (Å²) in [6.45, 7) is 4.12. The van der Waals surface area contributed by atoms with E-state index in [-0.39, 0.29) is 30.7 Å². The van der Waals surface area contributed by atoms with E-state index in [0.717, 1.165) is 50.7 Å². The molecule has 5 fully saturated rings. The second-order valence-electron chi connectivity index (χ2n) is 10.8. The van der Waals surface area contributed by atoms with E-state index in [1.807, 2.05) is 24.3 Å². The normalized spacial score (nSPS) is 30.5. The molecule has 3 saturated heterocycles. The number of β-amino-alcohol motifs (C(OH)–C–C–N with tert-alkyl or cyclic N) is 1. The van der Waals surface area contributed by atoms with Gasteiger partial charge in [-0.3, -0.25) is 19.3 Å². The third kappa shape index (κ3) is 4.13. The number of aliphatic hydroxyl groups is 1. The van der Waals surface area contributed by atoms with Crippen LogP contribution in [0.15, 0.2) is 24.3 Å². The van der Waals surface area contributed by atoms with Gasteiger partial charge in [-0.05, 0) is 49.9 Å². The number of amides is 2. The van der Waals surface area contributed by atoms with E-state index in [4.69, 9.17) is 4.74 Å². The lowest BCUT2D eigenvalue weighted by Gasteiger charge is -2.36. The van der Waals surface area contributed by atoms with Gasteiger partial charge in [-0.15, -0.1) is 0 Å². The van der Waals surface area contributed by atoms with Gasteiger partial charge in [0.2, 0.25) is 5.91 Å². The zero-order valence-electron chi connectivity index (χ0n) is 20.0. The van der Waals surface area contributed by atoms with Crippen LogP contribution in [0.1, 0.15) is 48.9 Å². The molecule has 0 spiro atoms. The monoisotopic (exact) mass is 482 g/mol. The molecule has 1 aromatic rings. The fraction of sp³-hybridized carbons (Fsp3) is 0.654. The van der Waals surface area contributed by atoms with Gasteiger partial charge in [0.1, 0.15) is 30.4 Å². The number of ether oxygens (including phenoxy) is 1. The lowest BCUT2D eigenvalue weighted by molar-refractivity contribution is -0.142. The van der Waals surface area contributed by atoms with Gasteiger partial charge in [0.05, 0.1) is 6.54 Å². The number of nitrogens with one attached hydrogen (secondary N) is 1. The molecule has 0 aromatic heterocycles. The molecule has 5 aliphatic rings. The number of piperazine rings is 1. The molecule has 1 aromatic carbocycles. The topological polar surface area (TPSA) is 102 Å². The number of benzene rings is 1. The van der Waals surface area contributed by atoms with Gasteiger partial charge in [-0.2, -0.15) is 0 Å². The first-order valence-electron chi connectivity index (χ1n) is 13.0. The van der Waals surface area contributed by atoms with Crippen molar-refractivity contribution in [2.45, 2.75) is 68.4 Å². The van der Waals surface area contributed by atoms with Crippen molar-refractivity contribution in [3.8, 4) is 0 Å². The maximum absolute atomic E-state index is 13.7. The fourth-order valence-electron chi connectivity index (χ4n) is 6.38. The second kappa shape index (κ2) is 8.87. The van der Waals surface area contributed by atoms with E-state index in [2.05, 4.69) is 15.1 Å². The maximum Gasteiger partial charge on any atom is 0.252 e. The Morgan fingerprint density at radius 2 is 1.71 bits per heavy atom. The number of anilines is 1. The Bertz CT molecular complexity index is 995. The van der Waals surface area contributed by atoms with E-state index in [9.17, 15) is 19.5 Å². The SMILES string of the molecule is O=C(NC1(C(=O)N2C[C@H](O)[C@H]3OCC(=O)[C@H]32)CCCC1)c1ccc(N2CCN(C3CC3)CC2)cc1. The highest BCUT2D eigenvalue weighted by molar-refractivity contribution is 6.01. The van der Waals surface area contributed by atoms with Gasteiger partial charge < -0.3 is 25.0 Å². The van der Waals surface area contributed by atoms with Crippen molar-refractivity contribution >= 4 is 23.3 Å². The Morgan fingerprint density at radius 3 is 2.37 bits per heavy atom. The first-order chi connectivity index (χ1) is 16.9. The third-order valence-corrected chi connectivity index (χ3v) is 8.51. The zero-order valence-corrected chi connectivity index (χ0v) is 20.0. The summed E-state index contributed by atoms with van der Waals surface area (Å²) < 4.78 is 5.42. The van der Waals surface area contributed by atoms with Crippen molar-refractivity contribution in [2.75, 3.05) is 44.2 Å². The van der Waals surface area contributed by atoms with Crippen molar-refractivity contribution in [3.63, 3.8) is 0 Å². The first-order valence-corrected chi connectivity index (χ1v) is 13.0. The number of fused-ring (bicyclic) bond motifs is 1. The largest absolute Gasteiger partial charge is 0.388 e. The van der Waals surface area contributed by atoms with Gasteiger partial charge in [-0.1, -0.05) is 12.8 Å². The number of aliphatic hydroxyl groups excluding tert-OH is 1. The van der Waals surface area contributed by atoms with Gasteiger partial charge in [0, 0.05) is 43.5 Å². The minimum absolute atomic E-state index is 0.0558. The highest BCUT2D eigenvalue weighted by Gasteiger charge is 2.56. The Hall–Kier alpha value is -2.49. The highest BCUT2D eigenvalue weighted by atomic mass is 16.5. The molecule has 0 bridgehead atoms. The molecule has 3 atom stereocenters. The van der Waals surface area contributed by atoms with E-state index in [0.29, 0.717) is 18.4 Å². The molecule has 9 heteroatoms. The molecule has 2 N–H and O–H groups in total. The van der Waals surface area contributed by atoms with E-state index in [1.54, 1.807) is 0 Å². The summed E-state index contributed by atoms with van der Waals surface area (Å²) in [4.78, 5) is 45.7. The average Bonchev–Trinajstić information content (AvgIpc) is 3.36. The van der Waals surface area contributed by atoms with Crippen molar-refractivity contribution in [3.05, 3.63) is 29.8 Å². The Labute approximate surface area is 205 Å². The van der Waals surface area contributed by atoms with Crippen LogP contribution in [0.3, 0.4) is 0 Å². The van der Waals surface area contributed by atoms with Crippen molar-refractivity contribution in [1.82, 2.24) is 15.1 Å². The Morgan fingerprint density at radius 1 is 1.03 bits per heavy atom. The summed E-state index contributed by atoms with van der Waals surface area (Å²) in [5.74, 6) is -0.748. The van der Waals surface area contributed by atoms with Crippen molar-refractivity contribution < 1.29 is 24.2 Å². The molecule has 9 nitrogen and oxygen atoms in total. The van der Waals surface area contributed by atoms with Gasteiger partial charge in [0.25, 0.3) is 5.91 Å². The molecule has 3 heterocycles. The standard InChI is InChI=1S/C26H34N4O5/c31-20-15-30(22-21(32)16-35-23(20)22)25(34)26(9-1-2-10-26)27-24(33)17-3-5-18(6-4-17)28-11-13-29(14-12-28)19-7-8-19/h3-6,19-20,22-23,31H,1-2,7-16H2,(H,27,33)/t20-,22+,23+/m0/s1. The first kappa shape index (κ1) is 22.9. The fourth-order valence-corrected chi connectivity index (χ4v) is 6.38. The average molecular weight is 483 g/mol. The Balaban J connectivity index is 1.13. The molecule has 35 heavy (non-hydrogen) atoms. The third-order valence-electron chi connectivity index (χ3n) is 8.51. The predicted octanol–water partition coefficient (Wildman–Crippen LogP) is 0.553. The van der Waals surface area contributed by atoms with Gasteiger partial charge in [-0.25, -0.2) is 0 Å². The van der Waals surface area contributed by atoms with Crippen molar-refractivity contribution in [1.29, 1.82) is 0 Å². The number of hydrogen-bond donors (Lipinski definition) is 2. The summed E-state index contributed by atoms with van der Waals surface area (Å²) in [5, 5.41) is 13.4. The molecule has 2 saturated carbocycles. The van der Waals surface area contributed by atoms with Gasteiger partial charge >= 0.3 is 0 Å². The van der Waals surface area contributed by atoms with E-state index < -0.39 is 23.8 Å². The van der Waals surface area contributed by atoms with Crippen LogP contribution < -0.4 is 10.2 Å². The van der Waals surface area contributed by atoms with Crippen LogP contribution in [0.2, 0.25) is 0 Å². The number of hydrogen-bond acceptors (Lipinski definition) is 7. The Kier molecular flexibility index (Phi) is 5.81. The van der Waals surface area contributed by atoms with Crippen LogP contribution in [0.4, 0.5) is 5.69 Å². The minimum Gasteiger partial charge on any atom is -0.388 e. The maximum atomic E-state index is 13.7. The molecular weight excluding hydrogens is 448 g/mol. The predicted molar refractivity (Wildman–Crippen MR) is 128 cm³/mol. The number of Topliss-reactive ketones (excluding diaryl/α,β-unsaturated/α-hetero) is 1. The van der Waals surface area contributed by atoms with E-state index in [1.165, 1.54) is 17.7 Å². The molecule has 6 rings (SSSR count). The molecule has 0 radical (unpaired) electrons. The zero-order chi connectivity index (χ0) is 24.2. The number of likely N-dealkylation sites (tertiary alicyclic amines) is 1. The smallest absolute Gasteiger partial charge is 0.252 e. The number of nitrogens with zero attached hydrogens (tertiary/aromatic N) is 3. The van der Waals surface area contributed by atoms with E-state index >= 15 is 0 Å². The summed E-state index contributed by atoms with van der Waals surface area (Å²) in [7, 11) is 0. The lowest BCUT2D eigenvalue weighted by Crippen LogP contribution is -2.60. The summed E-state index contributed by atoms with van der Waals surface area (Å²) in [6, 6.07) is 7.67. The number of carbonyl (C=O) groups is 3. The molecule has 188 valence electrons. The molecule has 2 aliphatic carbocycles. The van der Waals surface area contributed by atoms with Crippen LogP contribution in [-0.4, -0.2) is 102 Å². The lowest BCUT2D eigenvalue weighted by atomic mass is 9.93. The summed E-state index contributed by atoms with van der Waals surface area (Å²) in [5.41, 5.74) is 0.580. The number of ketones is 1. The van der Waals surface area contributed by atoms with Crippen LogP contribution in [-0.2, 0) is 14.3 Å². The van der Waals surface area contributed by atoms with Crippen LogP contribution in [0, 0.1) is 0 Å². The van der Waals surface area contributed by atoms with Crippen LogP contribution in [0.25, 0.3) is 0 Å². The highest BCUT2D eigenvalue weighted by Crippen LogP contribution is 2.36. The minimum atomic E-state index is -1.05. The molecule has 0 unspecified atom stereocenters. The number of carbonyl (C=O) groups excluding carboxylic acids is 3. The second-order valence-corrected chi connectivity index (χ2v) is 10.8. The van der Waals surface area contributed by atoms with Crippen LogP contribution in [0.5, 0.6) is 0 Å². The number of rotatable bonds is 5. The van der Waals surface area contributed by atoms with Crippen molar-refractivity contribution in [2.24, 2.45) is 0 Å². The van der Waals surface area contributed by atoms with Crippen LogP contribution >= 0.6 is 0 Å². The van der Waals surface area contributed by atoms with Gasteiger partial charge in [0.15, 0.2) is 5.78 Å². The summed E-state index contributed by atoms with van der Waals surface area (Å²) in [6.07, 6.45) is 3.82. The summed E-state index contributed by atoms with van der Waals surface area (Å²) >= 11 is 0. The molecular formula is C26H34N4O5.